The number of rotatable bonds is 9. The Kier molecular flexibility index (Phi) is 8.00. The third kappa shape index (κ3) is 7.73. The molecule has 0 saturated heterocycles. The van der Waals surface area contributed by atoms with Crippen molar-refractivity contribution in [2.24, 2.45) is 5.92 Å². The molecule has 5 heteroatoms. The van der Waals surface area contributed by atoms with Crippen molar-refractivity contribution < 1.29 is 13.2 Å². The van der Waals surface area contributed by atoms with E-state index in [-0.39, 0.29) is 17.9 Å². The third-order valence-electron chi connectivity index (χ3n) is 2.81. The molecule has 17 heavy (non-hydrogen) atoms. The number of hydrogen-bond donors (Lipinski definition) is 1. The molecule has 0 aromatic heterocycles. The van der Waals surface area contributed by atoms with Crippen LogP contribution in [-0.4, -0.2) is 46.2 Å². The zero-order valence-electron chi connectivity index (χ0n) is 11.7. The van der Waals surface area contributed by atoms with Gasteiger partial charge >= 0.3 is 0 Å². The molecule has 0 rings (SSSR count). The second-order valence-electron chi connectivity index (χ2n) is 4.83. The van der Waals surface area contributed by atoms with Gasteiger partial charge in [-0.05, 0) is 32.7 Å². The highest BCUT2D eigenvalue weighted by molar-refractivity contribution is 7.90. The fourth-order valence-corrected chi connectivity index (χ4v) is 2.70. The molecule has 1 N–H and O–H groups in total. The Bertz CT molecular complexity index is 288. The van der Waals surface area contributed by atoms with Crippen LogP contribution in [0.2, 0.25) is 0 Å². The van der Waals surface area contributed by atoms with Gasteiger partial charge in [0, 0.05) is 24.7 Å². The zero-order valence-corrected chi connectivity index (χ0v) is 12.5. The van der Waals surface area contributed by atoms with Crippen LogP contribution in [0, 0.1) is 5.92 Å². The van der Waals surface area contributed by atoms with E-state index in [1.807, 2.05) is 14.0 Å². The van der Waals surface area contributed by atoms with E-state index in [0.29, 0.717) is 18.9 Å². The maximum Gasteiger partial charge on any atom is 0.147 e. The normalized spacial score (nSPS) is 16.1. The fourth-order valence-electron chi connectivity index (χ4n) is 2.00. The van der Waals surface area contributed by atoms with Gasteiger partial charge in [-0.25, -0.2) is 8.42 Å². The van der Waals surface area contributed by atoms with Gasteiger partial charge in [-0.3, -0.25) is 0 Å². The summed E-state index contributed by atoms with van der Waals surface area (Å²) in [4.78, 5) is 0. The Balaban J connectivity index is 4.28. The predicted molar refractivity (Wildman–Crippen MR) is 72.0 cm³/mol. The van der Waals surface area contributed by atoms with Crippen molar-refractivity contribution >= 4 is 9.84 Å². The van der Waals surface area contributed by atoms with E-state index in [1.54, 1.807) is 0 Å². The Morgan fingerprint density at radius 3 is 2.24 bits per heavy atom. The van der Waals surface area contributed by atoms with Crippen LogP contribution >= 0.6 is 0 Å². The minimum Gasteiger partial charge on any atom is -0.377 e. The molecule has 0 aromatic rings. The van der Waals surface area contributed by atoms with Gasteiger partial charge in [0.25, 0.3) is 0 Å². The third-order valence-corrected chi connectivity index (χ3v) is 3.84. The second-order valence-corrected chi connectivity index (χ2v) is 7.09. The predicted octanol–water partition coefficient (Wildman–Crippen LogP) is 1.46. The number of nitrogens with one attached hydrogen (secondary N) is 1. The monoisotopic (exact) mass is 265 g/mol. The SMILES string of the molecule is CCOC(C(C)C)C(CCCS(C)(=O)=O)NC. The summed E-state index contributed by atoms with van der Waals surface area (Å²) in [5.41, 5.74) is 0. The van der Waals surface area contributed by atoms with E-state index in [1.165, 1.54) is 6.26 Å². The maximum atomic E-state index is 11.1. The van der Waals surface area contributed by atoms with Crippen LogP contribution in [-0.2, 0) is 14.6 Å². The van der Waals surface area contributed by atoms with Crippen molar-refractivity contribution in [2.75, 3.05) is 25.7 Å². The molecule has 0 heterocycles. The molecule has 2 atom stereocenters. The largest absolute Gasteiger partial charge is 0.377 e. The first-order chi connectivity index (χ1) is 7.81. The van der Waals surface area contributed by atoms with Gasteiger partial charge < -0.3 is 10.1 Å². The van der Waals surface area contributed by atoms with Gasteiger partial charge in [-0.2, -0.15) is 0 Å². The summed E-state index contributed by atoms with van der Waals surface area (Å²) in [6.45, 7) is 6.92. The molecule has 0 aliphatic rings. The van der Waals surface area contributed by atoms with Crippen LogP contribution in [0.15, 0.2) is 0 Å². The molecule has 0 spiro atoms. The highest BCUT2D eigenvalue weighted by Crippen LogP contribution is 2.15. The summed E-state index contributed by atoms with van der Waals surface area (Å²) in [7, 11) is -0.953. The molecule has 0 bridgehead atoms. The first-order valence-electron chi connectivity index (χ1n) is 6.28. The first-order valence-corrected chi connectivity index (χ1v) is 8.34. The molecule has 0 saturated carbocycles. The Morgan fingerprint density at radius 2 is 1.88 bits per heavy atom. The van der Waals surface area contributed by atoms with Gasteiger partial charge in [0.1, 0.15) is 9.84 Å². The molecule has 0 amide bonds. The van der Waals surface area contributed by atoms with E-state index in [2.05, 4.69) is 19.2 Å². The van der Waals surface area contributed by atoms with E-state index in [0.717, 1.165) is 6.42 Å². The standard InChI is InChI=1S/C12H27NO3S/c1-6-16-12(10(2)3)11(13-4)8-7-9-17(5,14)15/h10-13H,6-9H2,1-5H3. The molecule has 2 unspecified atom stereocenters. The fraction of sp³-hybridized carbons (Fsp3) is 1.00. The average Bonchev–Trinajstić information content (AvgIpc) is 2.20. The van der Waals surface area contributed by atoms with E-state index in [9.17, 15) is 8.42 Å². The van der Waals surface area contributed by atoms with Crippen LogP contribution < -0.4 is 5.32 Å². The molecule has 0 aliphatic heterocycles. The number of hydrogen-bond acceptors (Lipinski definition) is 4. The molecular formula is C12H27NO3S. The quantitative estimate of drug-likeness (QED) is 0.686. The van der Waals surface area contributed by atoms with E-state index >= 15 is 0 Å². The summed E-state index contributed by atoms with van der Waals surface area (Å²) >= 11 is 0. The lowest BCUT2D eigenvalue weighted by atomic mass is 9.96. The van der Waals surface area contributed by atoms with Gasteiger partial charge in [0.15, 0.2) is 0 Å². The minimum atomic E-state index is -2.85. The summed E-state index contributed by atoms with van der Waals surface area (Å²) in [6, 6.07) is 0.219. The Labute approximate surface area is 106 Å². The van der Waals surface area contributed by atoms with Crippen molar-refractivity contribution in [3.05, 3.63) is 0 Å². The van der Waals surface area contributed by atoms with E-state index in [4.69, 9.17) is 4.74 Å². The number of sulfone groups is 1. The summed E-state index contributed by atoms with van der Waals surface area (Å²) < 4.78 is 27.9. The first kappa shape index (κ1) is 16.9. The number of likely N-dealkylation sites (N-methyl/N-ethyl adjacent to an activating group) is 1. The molecule has 0 radical (unpaired) electrons. The molecular weight excluding hydrogens is 238 g/mol. The highest BCUT2D eigenvalue weighted by atomic mass is 32.2. The lowest BCUT2D eigenvalue weighted by Gasteiger charge is -2.29. The average molecular weight is 265 g/mol. The van der Waals surface area contributed by atoms with Crippen LogP contribution in [0.4, 0.5) is 0 Å². The van der Waals surface area contributed by atoms with Crippen molar-refractivity contribution in [1.29, 1.82) is 0 Å². The molecule has 0 aliphatic carbocycles. The van der Waals surface area contributed by atoms with Crippen molar-refractivity contribution in [2.45, 2.75) is 45.8 Å². The maximum absolute atomic E-state index is 11.1. The van der Waals surface area contributed by atoms with Crippen LogP contribution in [0.3, 0.4) is 0 Å². The van der Waals surface area contributed by atoms with Crippen molar-refractivity contribution in [3.63, 3.8) is 0 Å². The van der Waals surface area contributed by atoms with Gasteiger partial charge in [0.2, 0.25) is 0 Å². The summed E-state index contributed by atoms with van der Waals surface area (Å²) in [5, 5.41) is 3.23. The lowest BCUT2D eigenvalue weighted by molar-refractivity contribution is 0.00318. The van der Waals surface area contributed by atoms with Gasteiger partial charge in [-0.1, -0.05) is 13.8 Å². The lowest BCUT2D eigenvalue weighted by Crippen LogP contribution is -2.42. The van der Waals surface area contributed by atoms with Crippen molar-refractivity contribution in [1.82, 2.24) is 5.32 Å². The number of ether oxygens (including phenoxy) is 1. The topological polar surface area (TPSA) is 55.4 Å². The Morgan fingerprint density at radius 1 is 1.29 bits per heavy atom. The second kappa shape index (κ2) is 8.06. The minimum absolute atomic E-state index is 0.143. The molecule has 0 aromatic carbocycles. The molecule has 104 valence electrons. The smallest absolute Gasteiger partial charge is 0.147 e. The molecule has 4 nitrogen and oxygen atoms in total. The molecule has 0 fully saturated rings. The summed E-state index contributed by atoms with van der Waals surface area (Å²) in [5.74, 6) is 0.674. The van der Waals surface area contributed by atoms with E-state index < -0.39 is 9.84 Å². The zero-order chi connectivity index (χ0) is 13.5. The van der Waals surface area contributed by atoms with Crippen LogP contribution in [0.5, 0.6) is 0 Å². The summed E-state index contributed by atoms with van der Waals surface area (Å²) in [6.07, 6.45) is 2.93. The van der Waals surface area contributed by atoms with Gasteiger partial charge in [-0.15, -0.1) is 0 Å². The van der Waals surface area contributed by atoms with Crippen LogP contribution in [0.1, 0.15) is 33.6 Å². The van der Waals surface area contributed by atoms with Gasteiger partial charge in [0.05, 0.1) is 6.10 Å². The van der Waals surface area contributed by atoms with Crippen LogP contribution in [0.25, 0.3) is 0 Å². The highest BCUT2D eigenvalue weighted by Gasteiger charge is 2.23. The Hall–Kier alpha value is -0.130. The van der Waals surface area contributed by atoms with Crippen molar-refractivity contribution in [3.8, 4) is 0 Å².